The Morgan fingerprint density at radius 3 is 2.88 bits per heavy atom. The Hall–Kier alpha value is -2.99. The van der Waals surface area contributed by atoms with E-state index < -0.39 is 0 Å². The van der Waals surface area contributed by atoms with E-state index in [0.717, 1.165) is 41.5 Å². The maximum atomic E-state index is 5.42. The fourth-order valence-electron chi connectivity index (χ4n) is 2.83. The molecule has 0 amide bonds. The molecule has 0 fully saturated rings. The van der Waals surface area contributed by atoms with E-state index in [1.54, 1.807) is 13.3 Å². The molecular formula is C19H19N3O3. The molecule has 4 rings (SSSR count). The van der Waals surface area contributed by atoms with Crippen molar-refractivity contribution >= 4 is 0 Å². The number of nitrogens with one attached hydrogen (secondary N) is 1. The number of nitrogens with zero attached hydrogens (tertiary/aromatic N) is 2. The van der Waals surface area contributed by atoms with Gasteiger partial charge in [0.1, 0.15) is 0 Å². The van der Waals surface area contributed by atoms with Crippen LogP contribution in [0.1, 0.15) is 11.3 Å². The van der Waals surface area contributed by atoms with Gasteiger partial charge in [-0.2, -0.15) is 0 Å². The molecule has 2 aromatic heterocycles. The van der Waals surface area contributed by atoms with Crippen LogP contribution in [-0.4, -0.2) is 23.5 Å². The van der Waals surface area contributed by atoms with Gasteiger partial charge in [0.05, 0.1) is 19.0 Å². The molecule has 0 radical (unpaired) electrons. The molecule has 0 aliphatic carbocycles. The van der Waals surface area contributed by atoms with Crippen molar-refractivity contribution in [1.29, 1.82) is 0 Å². The van der Waals surface area contributed by atoms with E-state index in [4.69, 9.17) is 14.2 Å². The summed E-state index contributed by atoms with van der Waals surface area (Å²) in [5.74, 6) is 2.23. The van der Waals surface area contributed by atoms with Crippen LogP contribution in [0, 0.1) is 0 Å². The van der Waals surface area contributed by atoms with Crippen molar-refractivity contribution in [2.45, 2.75) is 13.1 Å². The summed E-state index contributed by atoms with van der Waals surface area (Å²) in [5, 5.41) is 3.47. The zero-order valence-corrected chi connectivity index (χ0v) is 13.9. The molecule has 3 heterocycles. The van der Waals surface area contributed by atoms with Crippen LogP contribution in [0.25, 0.3) is 5.69 Å². The largest absolute Gasteiger partial charge is 0.481 e. The van der Waals surface area contributed by atoms with Crippen LogP contribution >= 0.6 is 0 Å². The molecule has 128 valence electrons. The third kappa shape index (κ3) is 3.29. The molecule has 25 heavy (non-hydrogen) atoms. The van der Waals surface area contributed by atoms with E-state index in [0.29, 0.717) is 12.7 Å². The zero-order chi connectivity index (χ0) is 17.1. The number of rotatable bonds is 6. The monoisotopic (exact) mass is 337 g/mol. The van der Waals surface area contributed by atoms with Crippen molar-refractivity contribution in [3.05, 3.63) is 66.1 Å². The number of fused-ring (bicyclic) bond motifs is 1. The number of pyridine rings is 1. The summed E-state index contributed by atoms with van der Waals surface area (Å²) in [6, 6.07) is 14.0. The Morgan fingerprint density at radius 1 is 1.12 bits per heavy atom. The van der Waals surface area contributed by atoms with Crippen LogP contribution in [0.4, 0.5) is 0 Å². The molecule has 3 aromatic rings. The average molecular weight is 337 g/mol. The highest BCUT2D eigenvalue weighted by Crippen LogP contribution is 2.32. The number of hydrogen-bond donors (Lipinski definition) is 1. The SMILES string of the molecule is COc1ccc(-n2cccc2CNCc2ccc3c(c2)OCO3)cn1. The summed E-state index contributed by atoms with van der Waals surface area (Å²) in [6.07, 6.45) is 3.83. The second kappa shape index (κ2) is 6.86. The van der Waals surface area contributed by atoms with Gasteiger partial charge in [-0.25, -0.2) is 4.98 Å². The first-order chi connectivity index (χ1) is 12.3. The van der Waals surface area contributed by atoms with Crippen molar-refractivity contribution in [1.82, 2.24) is 14.9 Å². The summed E-state index contributed by atoms with van der Waals surface area (Å²) >= 11 is 0. The predicted molar refractivity (Wildman–Crippen MR) is 93.2 cm³/mol. The van der Waals surface area contributed by atoms with E-state index in [2.05, 4.69) is 20.9 Å². The predicted octanol–water partition coefficient (Wildman–Crippen LogP) is 2.90. The number of benzene rings is 1. The Morgan fingerprint density at radius 2 is 2.04 bits per heavy atom. The Balaban J connectivity index is 1.41. The molecule has 0 saturated carbocycles. The van der Waals surface area contributed by atoms with Crippen molar-refractivity contribution in [3.63, 3.8) is 0 Å². The van der Waals surface area contributed by atoms with E-state index >= 15 is 0 Å². The summed E-state index contributed by atoms with van der Waals surface area (Å²) in [5.41, 5.74) is 3.33. The van der Waals surface area contributed by atoms with Gasteiger partial charge >= 0.3 is 0 Å². The third-order valence-corrected chi connectivity index (χ3v) is 4.11. The summed E-state index contributed by atoms with van der Waals surface area (Å²) in [7, 11) is 1.61. The van der Waals surface area contributed by atoms with Crippen molar-refractivity contribution in [2.24, 2.45) is 0 Å². The maximum absolute atomic E-state index is 5.42. The molecule has 1 N–H and O–H groups in total. The number of methoxy groups -OCH3 is 1. The van der Waals surface area contributed by atoms with Crippen LogP contribution in [0.3, 0.4) is 0 Å². The Kier molecular flexibility index (Phi) is 4.26. The van der Waals surface area contributed by atoms with Crippen LogP contribution in [0.15, 0.2) is 54.9 Å². The first-order valence-corrected chi connectivity index (χ1v) is 8.09. The highest BCUT2D eigenvalue weighted by Gasteiger charge is 2.13. The van der Waals surface area contributed by atoms with Gasteiger partial charge in [-0.05, 0) is 35.9 Å². The van der Waals surface area contributed by atoms with Crippen molar-refractivity contribution < 1.29 is 14.2 Å². The van der Waals surface area contributed by atoms with Gasteiger partial charge in [-0.15, -0.1) is 0 Å². The standard InChI is InChI=1S/C19H19N3O3/c1-23-19-7-5-16(12-21-19)22-8-2-3-15(22)11-20-10-14-4-6-17-18(9-14)25-13-24-17/h2-9,12,20H,10-11,13H2,1H3. The van der Waals surface area contributed by atoms with Gasteiger partial charge in [-0.1, -0.05) is 6.07 Å². The lowest BCUT2D eigenvalue weighted by molar-refractivity contribution is 0.174. The van der Waals surface area contributed by atoms with Crippen LogP contribution in [0.2, 0.25) is 0 Å². The molecule has 0 unspecified atom stereocenters. The van der Waals surface area contributed by atoms with Crippen molar-refractivity contribution in [3.8, 4) is 23.1 Å². The lowest BCUT2D eigenvalue weighted by Gasteiger charge is -2.11. The number of hydrogen-bond acceptors (Lipinski definition) is 5. The molecule has 0 atom stereocenters. The number of aromatic nitrogens is 2. The molecule has 6 nitrogen and oxygen atoms in total. The van der Waals surface area contributed by atoms with E-state index in [9.17, 15) is 0 Å². The highest BCUT2D eigenvalue weighted by molar-refractivity contribution is 5.44. The van der Waals surface area contributed by atoms with Gasteiger partial charge in [0.15, 0.2) is 11.5 Å². The fourth-order valence-corrected chi connectivity index (χ4v) is 2.83. The molecule has 6 heteroatoms. The minimum atomic E-state index is 0.301. The van der Waals surface area contributed by atoms with Crippen molar-refractivity contribution in [2.75, 3.05) is 13.9 Å². The molecule has 1 aliphatic rings. The van der Waals surface area contributed by atoms with E-state index in [1.807, 2.05) is 42.6 Å². The van der Waals surface area contributed by atoms with E-state index in [1.165, 1.54) is 0 Å². The van der Waals surface area contributed by atoms with Crippen LogP contribution in [-0.2, 0) is 13.1 Å². The lowest BCUT2D eigenvalue weighted by atomic mass is 10.2. The molecule has 1 aliphatic heterocycles. The molecule has 0 bridgehead atoms. The third-order valence-electron chi connectivity index (χ3n) is 4.11. The average Bonchev–Trinajstić information content (AvgIpc) is 3.30. The smallest absolute Gasteiger partial charge is 0.231 e. The number of ether oxygens (including phenoxy) is 3. The lowest BCUT2D eigenvalue weighted by Crippen LogP contribution is -2.15. The van der Waals surface area contributed by atoms with Crippen LogP contribution < -0.4 is 19.5 Å². The molecule has 1 aromatic carbocycles. The van der Waals surface area contributed by atoms with Gasteiger partial charge < -0.3 is 24.1 Å². The van der Waals surface area contributed by atoms with Gasteiger partial charge in [0.2, 0.25) is 12.7 Å². The molecule has 0 saturated heterocycles. The first kappa shape index (κ1) is 15.5. The topological polar surface area (TPSA) is 57.5 Å². The normalized spacial score (nSPS) is 12.4. The summed E-state index contributed by atoms with van der Waals surface area (Å²) < 4.78 is 18.0. The first-order valence-electron chi connectivity index (χ1n) is 8.09. The highest BCUT2D eigenvalue weighted by atomic mass is 16.7. The Bertz CT molecular complexity index is 859. The second-order valence-corrected chi connectivity index (χ2v) is 5.72. The van der Waals surface area contributed by atoms with Gasteiger partial charge in [-0.3, -0.25) is 0 Å². The minimum Gasteiger partial charge on any atom is -0.481 e. The fraction of sp³-hybridized carbons (Fsp3) is 0.211. The van der Waals surface area contributed by atoms with Crippen LogP contribution in [0.5, 0.6) is 17.4 Å². The minimum absolute atomic E-state index is 0.301. The second-order valence-electron chi connectivity index (χ2n) is 5.72. The summed E-state index contributed by atoms with van der Waals surface area (Å²) in [6.45, 7) is 1.80. The maximum Gasteiger partial charge on any atom is 0.231 e. The summed E-state index contributed by atoms with van der Waals surface area (Å²) in [4.78, 5) is 4.27. The molecule has 0 spiro atoms. The quantitative estimate of drug-likeness (QED) is 0.749. The molecular weight excluding hydrogens is 318 g/mol. The Labute approximate surface area is 146 Å². The van der Waals surface area contributed by atoms with E-state index in [-0.39, 0.29) is 0 Å². The van der Waals surface area contributed by atoms with Gasteiger partial charge in [0.25, 0.3) is 0 Å². The zero-order valence-electron chi connectivity index (χ0n) is 13.9. The van der Waals surface area contributed by atoms with Gasteiger partial charge in [0, 0.05) is 31.0 Å².